The number of amides is 2. The van der Waals surface area contributed by atoms with Crippen molar-refractivity contribution >= 4 is 17.6 Å². The fourth-order valence-corrected chi connectivity index (χ4v) is 1.31. The van der Waals surface area contributed by atoms with Crippen molar-refractivity contribution in [1.82, 2.24) is 5.32 Å². The third-order valence-electron chi connectivity index (χ3n) is 1.74. The number of carbonyl (C=O) groups excluding carboxylic acids is 1. The summed E-state index contributed by atoms with van der Waals surface area (Å²) < 4.78 is 5.08. The minimum atomic E-state index is -0.591. The minimum Gasteiger partial charge on any atom is -0.496 e. The topological polar surface area (TPSA) is 64.3 Å². The fourth-order valence-electron chi connectivity index (χ4n) is 1.08. The molecule has 0 aromatic heterocycles. The maximum absolute atomic E-state index is 10.5. The molecule has 1 aromatic carbocycles. The van der Waals surface area contributed by atoms with E-state index in [0.29, 0.717) is 10.8 Å². The van der Waals surface area contributed by atoms with Crippen LogP contribution >= 0.6 is 11.6 Å². The first kappa shape index (κ1) is 10.7. The minimum absolute atomic E-state index is 0.262. The molecule has 4 nitrogen and oxygen atoms in total. The molecule has 2 amide bonds. The molecule has 1 rings (SSSR count). The summed E-state index contributed by atoms with van der Waals surface area (Å²) in [5.41, 5.74) is 5.67. The number of nitrogens with one attached hydrogen (secondary N) is 1. The summed E-state index contributed by atoms with van der Waals surface area (Å²) in [6.45, 7) is 0.262. The quantitative estimate of drug-likeness (QED) is 0.801. The van der Waals surface area contributed by atoms with E-state index in [4.69, 9.17) is 22.1 Å². The van der Waals surface area contributed by atoms with Gasteiger partial charge in [-0.25, -0.2) is 4.79 Å². The van der Waals surface area contributed by atoms with Crippen molar-refractivity contribution in [3.8, 4) is 5.75 Å². The first-order chi connectivity index (χ1) is 6.65. The Bertz CT molecular complexity index is 342. The van der Waals surface area contributed by atoms with Crippen LogP contribution in [0.5, 0.6) is 5.75 Å². The third kappa shape index (κ3) is 2.53. The molecule has 0 aliphatic heterocycles. The van der Waals surface area contributed by atoms with Gasteiger partial charge in [0.25, 0.3) is 0 Å². The SMILES string of the molecule is COc1cccc(Cl)c1CNC(N)=O. The van der Waals surface area contributed by atoms with E-state index in [1.807, 2.05) is 0 Å². The van der Waals surface area contributed by atoms with E-state index in [1.165, 1.54) is 0 Å². The predicted octanol–water partition coefficient (Wildman–Crippen LogP) is 1.52. The van der Waals surface area contributed by atoms with Crippen LogP contribution in [0, 0.1) is 0 Å². The lowest BCUT2D eigenvalue weighted by Gasteiger charge is -2.09. The van der Waals surface area contributed by atoms with E-state index in [2.05, 4.69) is 5.32 Å². The Morgan fingerprint density at radius 3 is 2.93 bits per heavy atom. The van der Waals surface area contributed by atoms with Crippen LogP contribution in [0.1, 0.15) is 5.56 Å². The molecule has 0 heterocycles. The van der Waals surface area contributed by atoms with Gasteiger partial charge < -0.3 is 15.8 Å². The van der Waals surface area contributed by atoms with Gasteiger partial charge in [-0.05, 0) is 12.1 Å². The number of halogens is 1. The molecule has 0 atom stereocenters. The molecule has 76 valence electrons. The molecule has 0 aliphatic carbocycles. The number of benzene rings is 1. The van der Waals surface area contributed by atoms with Crippen molar-refractivity contribution < 1.29 is 9.53 Å². The number of rotatable bonds is 3. The second kappa shape index (κ2) is 4.72. The molecule has 5 heteroatoms. The van der Waals surface area contributed by atoms with Crippen LogP contribution in [0.4, 0.5) is 4.79 Å². The van der Waals surface area contributed by atoms with Crippen molar-refractivity contribution in [2.45, 2.75) is 6.54 Å². The molecule has 0 bridgehead atoms. The highest BCUT2D eigenvalue weighted by atomic mass is 35.5. The van der Waals surface area contributed by atoms with Crippen molar-refractivity contribution in [1.29, 1.82) is 0 Å². The largest absolute Gasteiger partial charge is 0.496 e. The third-order valence-corrected chi connectivity index (χ3v) is 2.09. The second-order valence-electron chi connectivity index (χ2n) is 2.64. The molecule has 0 saturated carbocycles. The Balaban J connectivity index is 2.87. The fraction of sp³-hybridized carbons (Fsp3) is 0.222. The van der Waals surface area contributed by atoms with Crippen LogP contribution < -0.4 is 15.8 Å². The van der Waals surface area contributed by atoms with Gasteiger partial charge in [-0.1, -0.05) is 17.7 Å². The predicted molar refractivity (Wildman–Crippen MR) is 54.4 cm³/mol. The molecule has 1 aromatic rings. The monoisotopic (exact) mass is 214 g/mol. The molecule has 0 unspecified atom stereocenters. The molecule has 0 radical (unpaired) electrons. The van der Waals surface area contributed by atoms with Gasteiger partial charge in [0.1, 0.15) is 5.75 Å². The van der Waals surface area contributed by atoms with Gasteiger partial charge in [0.15, 0.2) is 0 Å². The number of ether oxygens (including phenoxy) is 1. The summed E-state index contributed by atoms with van der Waals surface area (Å²) >= 11 is 5.92. The van der Waals surface area contributed by atoms with Gasteiger partial charge >= 0.3 is 6.03 Å². The van der Waals surface area contributed by atoms with Crippen LogP contribution in [0.2, 0.25) is 5.02 Å². The number of urea groups is 1. The second-order valence-corrected chi connectivity index (χ2v) is 3.05. The standard InChI is InChI=1S/C9H11ClN2O2/c1-14-8-4-2-3-7(10)6(8)5-12-9(11)13/h2-4H,5H2,1H3,(H3,11,12,13). The van der Waals surface area contributed by atoms with Gasteiger partial charge in [-0.15, -0.1) is 0 Å². The Labute approximate surface area is 87.0 Å². The van der Waals surface area contributed by atoms with Gasteiger partial charge in [0, 0.05) is 17.1 Å². The number of hydrogen-bond acceptors (Lipinski definition) is 2. The molecule has 0 aliphatic rings. The Morgan fingerprint density at radius 1 is 1.64 bits per heavy atom. The summed E-state index contributed by atoms with van der Waals surface area (Å²) in [7, 11) is 1.54. The van der Waals surface area contributed by atoms with Crippen molar-refractivity contribution in [2.24, 2.45) is 5.73 Å². The molecule has 14 heavy (non-hydrogen) atoms. The van der Waals surface area contributed by atoms with Gasteiger partial charge in [-0.3, -0.25) is 0 Å². The van der Waals surface area contributed by atoms with E-state index < -0.39 is 6.03 Å². The number of carbonyl (C=O) groups is 1. The summed E-state index contributed by atoms with van der Waals surface area (Å²) in [5.74, 6) is 0.631. The van der Waals surface area contributed by atoms with Crippen LogP contribution in [0.15, 0.2) is 18.2 Å². The highest BCUT2D eigenvalue weighted by Gasteiger charge is 2.07. The number of methoxy groups -OCH3 is 1. The zero-order chi connectivity index (χ0) is 10.6. The lowest BCUT2D eigenvalue weighted by atomic mass is 10.2. The van der Waals surface area contributed by atoms with Crippen molar-refractivity contribution in [2.75, 3.05) is 7.11 Å². The van der Waals surface area contributed by atoms with Crippen LogP contribution in [-0.4, -0.2) is 13.1 Å². The number of primary amides is 1. The highest BCUT2D eigenvalue weighted by Crippen LogP contribution is 2.25. The molecule has 3 N–H and O–H groups in total. The first-order valence-corrected chi connectivity index (χ1v) is 4.37. The lowest BCUT2D eigenvalue weighted by Crippen LogP contribution is -2.28. The zero-order valence-electron chi connectivity index (χ0n) is 7.71. The van der Waals surface area contributed by atoms with E-state index in [-0.39, 0.29) is 6.54 Å². The number of nitrogens with two attached hydrogens (primary N) is 1. The lowest BCUT2D eigenvalue weighted by molar-refractivity contribution is 0.248. The average Bonchev–Trinajstić information content (AvgIpc) is 2.15. The van der Waals surface area contributed by atoms with E-state index in [0.717, 1.165) is 5.56 Å². The Kier molecular flexibility index (Phi) is 3.59. The normalized spacial score (nSPS) is 9.57. The molecule has 0 saturated heterocycles. The summed E-state index contributed by atoms with van der Waals surface area (Å²) in [6.07, 6.45) is 0. The van der Waals surface area contributed by atoms with E-state index in [9.17, 15) is 4.79 Å². The summed E-state index contributed by atoms with van der Waals surface area (Å²) in [6, 6.07) is 4.67. The maximum atomic E-state index is 10.5. The highest BCUT2D eigenvalue weighted by molar-refractivity contribution is 6.31. The van der Waals surface area contributed by atoms with Gasteiger partial charge in [0.2, 0.25) is 0 Å². The smallest absolute Gasteiger partial charge is 0.312 e. The Morgan fingerprint density at radius 2 is 2.36 bits per heavy atom. The van der Waals surface area contributed by atoms with Crippen molar-refractivity contribution in [3.63, 3.8) is 0 Å². The maximum Gasteiger partial charge on any atom is 0.312 e. The van der Waals surface area contributed by atoms with Gasteiger partial charge in [0.05, 0.1) is 7.11 Å². The summed E-state index contributed by atoms with van der Waals surface area (Å²) in [4.78, 5) is 10.5. The first-order valence-electron chi connectivity index (χ1n) is 4.00. The average molecular weight is 215 g/mol. The van der Waals surface area contributed by atoms with Crippen LogP contribution in [0.3, 0.4) is 0 Å². The zero-order valence-corrected chi connectivity index (χ0v) is 8.47. The molecular formula is C9H11ClN2O2. The van der Waals surface area contributed by atoms with E-state index >= 15 is 0 Å². The Hall–Kier alpha value is -1.42. The number of hydrogen-bond donors (Lipinski definition) is 2. The van der Waals surface area contributed by atoms with Crippen LogP contribution in [0.25, 0.3) is 0 Å². The molecular weight excluding hydrogens is 204 g/mol. The van der Waals surface area contributed by atoms with Crippen LogP contribution in [-0.2, 0) is 6.54 Å². The molecule has 0 fully saturated rings. The molecule has 0 spiro atoms. The van der Waals surface area contributed by atoms with Crippen molar-refractivity contribution in [3.05, 3.63) is 28.8 Å². The summed E-state index contributed by atoms with van der Waals surface area (Å²) in [5, 5.41) is 2.99. The van der Waals surface area contributed by atoms with E-state index in [1.54, 1.807) is 25.3 Å². The van der Waals surface area contributed by atoms with Gasteiger partial charge in [-0.2, -0.15) is 0 Å².